The molecule has 2 heteroatoms. The molecule has 0 amide bonds. The minimum Gasteiger partial charge on any atom is -0.407 e. The highest BCUT2D eigenvalue weighted by Crippen LogP contribution is 2.38. The molecule has 0 aliphatic heterocycles. The van der Waals surface area contributed by atoms with E-state index in [2.05, 4.69) is 87.4 Å². The van der Waals surface area contributed by atoms with Gasteiger partial charge in [-0.2, -0.15) is 0 Å². The molecule has 2 aromatic rings. The first-order valence-corrected chi connectivity index (χ1v) is 12.1. The summed E-state index contributed by atoms with van der Waals surface area (Å²) >= 11 is 0. The summed E-state index contributed by atoms with van der Waals surface area (Å²) < 4.78 is 7.06. The third-order valence-electron chi connectivity index (χ3n) is 6.03. The summed E-state index contributed by atoms with van der Waals surface area (Å²) in [5.41, 5.74) is 0. The monoisotopic (exact) mass is 376 g/mol. The second-order valence-electron chi connectivity index (χ2n) is 8.86. The summed E-state index contributed by atoms with van der Waals surface area (Å²) in [6, 6.07) is 21.8. The fourth-order valence-corrected chi connectivity index (χ4v) is 9.14. The summed E-state index contributed by atoms with van der Waals surface area (Å²) in [6.07, 6.45) is 10.3. The Bertz CT molecular complexity index is 707. The van der Waals surface area contributed by atoms with Crippen LogP contribution < -0.4 is 10.4 Å². The Morgan fingerprint density at radius 1 is 0.889 bits per heavy atom. The van der Waals surface area contributed by atoms with E-state index in [0.717, 1.165) is 19.4 Å². The Balaban J connectivity index is 1.94. The third-order valence-corrected chi connectivity index (χ3v) is 11.0. The van der Waals surface area contributed by atoms with Crippen molar-refractivity contribution in [3.63, 3.8) is 0 Å². The molecule has 1 aliphatic carbocycles. The van der Waals surface area contributed by atoms with Gasteiger partial charge in [0.2, 0.25) is 0 Å². The smallest absolute Gasteiger partial charge is 0.261 e. The minimum absolute atomic E-state index is 0.0473. The zero-order valence-electron chi connectivity index (χ0n) is 16.9. The predicted molar refractivity (Wildman–Crippen MR) is 118 cm³/mol. The lowest BCUT2D eigenvalue weighted by molar-refractivity contribution is 0.187. The van der Waals surface area contributed by atoms with Crippen LogP contribution in [-0.4, -0.2) is 14.9 Å². The van der Waals surface area contributed by atoms with Crippen LogP contribution in [0.4, 0.5) is 0 Å². The van der Waals surface area contributed by atoms with Crippen LogP contribution in [0.25, 0.3) is 0 Å². The van der Waals surface area contributed by atoms with Gasteiger partial charge in [-0.05, 0) is 47.0 Å². The summed E-state index contributed by atoms with van der Waals surface area (Å²) in [7, 11) is -2.40. The molecule has 2 aromatic carbocycles. The summed E-state index contributed by atoms with van der Waals surface area (Å²) in [5, 5.41) is 2.77. The zero-order chi connectivity index (χ0) is 19.3. The first-order chi connectivity index (χ1) is 13.0. The standard InChI is InChI=1S/C25H32OSi/c1-5-21-16-18-22(19-17-21)20-26-27(25(2,3)4,23-12-8-6-9-13-23)24-14-10-7-11-15-24/h1,6-15,21-22H,16-20H2,2-4H3. The molecular formula is C25H32OSi. The molecule has 0 atom stereocenters. The van der Waals surface area contributed by atoms with E-state index in [1.54, 1.807) is 0 Å². The zero-order valence-corrected chi connectivity index (χ0v) is 17.9. The molecule has 0 aromatic heterocycles. The van der Waals surface area contributed by atoms with Crippen molar-refractivity contribution in [3.8, 4) is 12.3 Å². The molecule has 1 aliphatic rings. The van der Waals surface area contributed by atoms with Crippen LogP contribution in [-0.2, 0) is 4.43 Å². The van der Waals surface area contributed by atoms with Gasteiger partial charge in [-0.3, -0.25) is 0 Å². The Morgan fingerprint density at radius 2 is 1.37 bits per heavy atom. The molecule has 0 heterocycles. The number of hydrogen-bond acceptors (Lipinski definition) is 1. The summed E-state index contributed by atoms with van der Waals surface area (Å²) in [6.45, 7) is 7.86. The van der Waals surface area contributed by atoms with E-state index in [-0.39, 0.29) is 5.04 Å². The second-order valence-corrected chi connectivity index (χ2v) is 13.2. The minimum atomic E-state index is -2.40. The van der Waals surface area contributed by atoms with Crippen LogP contribution in [0.5, 0.6) is 0 Å². The molecule has 0 saturated heterocycles. The van der Waals surface area contributed by atoms with E-state index in [1.165, 1.54) is 23.2 Å². The molecule has 3 rings (SSSR count). The molecule has 0 spiro atoms. The van der Waals surface area contributed by atoms with Crippen molar-refractivity contribution in [2.45, 2.75) is 51.5 Å². The maximum absolute atomic E-state index is 7.06. The second kappa shape index (κ2) is 8.46. The highest BCUT2D eigenvalue weighted by Gasteiger charge is 2.50. The maximum atomic E-state index is 7.06. The van der Waals surface area contributed by atoms with E-state index < -0.39 is 8.32 Å². The molecule has 1 nitrogen and oxygen atoms in total. The number of terminal acetylenes is 1. The molecule has 1 saturated carbocycles. The lowest BCUT2D eigenvalue weighted by Crippen LogP contribution is -2.66. The van der Waals surface area contributed by atoms with Crippen molar-refractivity contribution < 1.29 is 4.43 Å². The van der Waals surface area contributed by atoms with Gasteiger partial charge in [0.1, 0.15) is 0 Å². The molecule has 0 bridgehead atoms. The van der Waals surface area contributed by atoms with E-state index in [9.17, 15) is 0 Å². The highest BCUT2D eigenvalue weighted by molar-refractivity contribution is 6.99. The van der Waals surface area contributed by atoms with Crippen molar-refractivity contribution in [1.29, 1.82) is 0 Å². The van der Waals surface area contributed by atoms with Gasteiger partial charge < -0.3 is 4.43 Å². The molecule has 0 N–H and O–H groups in total. The normalized spacial score (nSPS) is 20.8. The molecule has 27 heavy (non-hydrogen) atoms. The van der Waals surface area contributed by atoms with Gasteiger partial charge in [-0.1, -0.05) is 81.4 Å². The van der Waals surface area contributed by atoms with E-state index >= 15 is 0 Å². The van der Waals surface area contributed by atoms with Crippen LogP contribution >= 0.6 is 0 Å². The van der Waals surface area contributed by atoms with Gasteiger partial charge in [0, 0.05) is 12.5 Å². The lowest BCUT2D eigenvalue weighted by Gasteiger charge is -2.44. The predicted octanol–water partition coefficient (Wildman–Crippen LogP) is 5.00. The lowest BCUT2D eigenvalue weighted by atomic mass is 9.83. The largest absolute Gasteiger partial charge is 0.407 e. The molecule has 142 valence electrons. The maximum Gasteiger partial charge on any atom is 0.261 e. The van der Waals surface area contributed by atoms with Crippen molar-refractivity contribution in [2.75, 3.05) is 6.61 Å². The Labute approximate surface area is 166 Å². The van der Waals surface area contributed by atoms with Crippen LogP contribution in [0, 0.1) is 24.2 Å². The average Bonchev–Trinajstić information content (AvgIpc) is 2.69. The van der Waals surface area contributed by atoms with E-state index in [0.29, 0.717) is 11.8 Å². The first-order valence-electron chi connectivity index (χ1n) is 10.2. The SMILES string of the molecule is C#CC1CCC(CO[Si](c2ccccc2)(c2ccccc2)C(C)(C)C)CC1. The number of rotatable bonds is 5. The van der Waals surface area contributed by atoms with Gasteiger partial charge in [0.05, 0.1) is 0 Å². The number of benzene rings is 2. The molecule has 0 unspecified atom stereocenters. The molecule has 0 radical (unpaired) electrons. The first kappa shape index (κ1) is 19.9. The van der Waals surface area contributed by atoms with Gasteiger partial charge in [0.25, 0.3) is 8.32 Å². The van der Waals surface area contributed by atoms with Crippen LogP contribution in [0.1, 0.15) is 46.5 Å². The van der Waals surface area contributed by atoms with Gasteiger partial charge in [-0.25, -0.2) is 0 Å². The van der Waals surface area contributed by atoms with E-state index in [4.69, 9.17) is 10.8 Å². The molecule has 1 fully saturated rings. The van der Waals surface area contributed by atoms with Crippen molar-refractivity contribution >= 4 is 18.7 Å². The van der Waals surface area contributed by atoms with Crippen LogP contribution in [0.2, 0.25) is 5.04 Å². The Hall–Kier alpha value is -1.82. The fraction of sp³-hybridized carbons (Fsp3) is 0.440. The summed E-state index contributed by atoms with van der Waals surface area (Å²) in [4.78, 5) is 0. The van der Waals surface area contributed by atoms with E-state index in [1.807, 2.05) is 0 Å². The van der Waals surface area contributed by atoms with Crippen molar-refractivity contribution in [1.82, 2.24) is 0 Å². The van der Waals surface area contributed by atoms with Crippen LogP contribution in [0.15, 0.2) is 60.7 Å². The molecular weight excluding hydrogens is 344 g/mol. The van der Waals surface area contributed by atoms with Crippen molar-refractivity contribution in [2.24, 2.45) is 11.8 Å². The topological polar surface area (TPSA) is 9.23 Å². The summed E-state index contributed by atoms with van der Waals surface area (Å²) in [5.74, 6) is 4.03. The van der Waals surface area contributed by atoms with Gasteiger partial charge in [-0.15, -0.1) is 12.3 Å². The average molecular weight is 377 g/mol. The Morgan fingerprint density at radius 3 is 1.78 bits per heavy atom. The van der Waals surface area contributed by atoms with Crippen molar-refractivity contribution in [3.05, 3.63) is 60.7 Å². The highest BCUT2D eigenvalue weighted by atomic mass is 28.4. The fourth-order valence-electron chi connectivity index (χ4n) is 4.50. The van der Waals surface area contributed by atoms with Crippen LogP contribution in [0.3, 0.4) is 0 Å². The van der Waals surface area contributed by atoms with Gasteiger partial charge in [0.15, 0.2) is 0 Å². The Kier molecular flexibility index (Phi) is 6.24. The third kappa shape index (κ3) is 4.20. The van der Waals surface area contributed by atoms with Gasteiger partial charge >= 0.3 is 0 Å². The number of hydrogen-bond donors (Lipinski definition) is 0. The quantitative estimate of drug-likeness (QED) is 0.527.